The van der Waals surface area contributed by atoms with Crippen LogP contribution < -0.4 is 10.5 Å². The van der Waals surface area contributed by atoms with Crippen molar-refractivity contribution in [1.29, 1.82) is 0 Å². The van der Waals surface area contributed by atoms with Gasteiger partial charge >= 0.3 is 0 Å². The number of hydrogen-bond donors (Lipinski definition) is 1. The van der Waals surface area contributed by atoms with Gasteiger partial charge in [0.05, 0.1) is 6.33 Å². The molecule has 0 aliphatic carbocycles. The van der Waals surface area contributed by atoms with E-state index in [9.17, 15) is 4.39 Å². The van der Waals surface area contributed by atoms with Gasteiger partial charge in [0.2, 0.25) is 0 Å². The quantitative estimate of drug-likeness (QED) is 0.854. The van der Waals surface area contributed by atoms with Crippen molar-refractivity contribution in [2.45, 2.75) is 19.8 Å². The number of ether oxygens (including phenoxy) is 1. The lowest BCUT2D eigenvalue weighted by atomic mass is 10.2. The van der Waals surface area contributed by atoms with Crippen LogP contribution in [0.2, 0.25) is 0 Å². The minimum atomic E-state index is 0.147. The van der Waals surface area contributed by atoms with E-state index < -0.39 is 0 Å². The second-order valence-electron chi connectivity index (χ2n) is 5.01. The minimum Gasteiger partial charge on any atom is -0.489 e. The van der Waals surface area contributed by atoms with Crippen LogP contribution in [-0.2, 0) is 13.5 Å². The normalized spacial score (nSPS) is 11.7. The summed E-state index contributed by atoms with van der Waals surface area (Å²) in [6.07, 6.45) is 2.37. The van der Waals surface area contributed by atoms with Crippen molar-refractivity contribution < 1.29 is 9.13 Å². The molecule has 2 N–H and O–H groups in total. The first kappa shape index (κ1) is 16.2. The molecular weight excluding hydrogens is 283 g/mol. The zero-order valence-corrected chi connectivity index (χ0v) is 12.9. The molecule has 0 saturated carbocycles. The summed E-state index contributed by atoms with van der Waals surface area (Å²) < 4.78 is 19.7. The molecule has 0 amide bonds. The summed E-state index contributed by atoms with van der Waals surface area (Å²) in [7, 11) is 1.88. The Morgan fingerprint density at radius 3 is 2.68 bits per heavy atom. The van der Waals surface area contributed by atoms with Crippen LogP contribution in [0.3, 0.4) is 0 Å². The van der Waals surface area contributed by atoms with E-state index in [0.717, 1.165) is 30.1 Å². The molecular formula is C16H21FN4O. The maximum absolute atomic E-state index is 12.4. The number of halogens is 1. The predicted molar refractivity (Wildman–Crippen MR) is 84.2 cm³/mol. The number of rotatable bonds is 7. The lowest BCUT2D eigenvalue weighted by Gasteiger charge is -2.07. The van der Waals surface area contributed by atoms with Crippen LogP contribution in [0.5, 0.6) is 5.75 Å². The van der Waals surface area contributed by atoms with Gasteiger partial charge in [0.15, 0.2) is 11.6 Å². The summed E-state index contributed by atoms with van der Waals surface area (Å²) in [5.74, 6) is 2.33. The molecule has 0 aliphatic heterocycles. The zero-order chi connectivity index (χ0) is 15.9. The van der Waals surface area contributed by atoms with Crippen LogP contribution in [0.4, 0.5) is 4.39 Å². The average Bonchev–Trinajstić information content (AvgIpc) is 2.90. The van der Waals surface area contributed by atoms with Crippen molar-refractivity contribution in [3.05, 3.63) is 42.0 Å². The summed E-state index contributed by atoms with van der Waals surface area (Å²) in [6, 6.07) is 7.48. The third-order valence-electron chi connectivity index (χ3n) is 3.23. The summed E-state index contributed by atoms with van der Waals surface area (Å²) in [5, 5.41) is 4.39. The smallest absolute Gasteiger partial charge is 0.158 e. The maximum Gasteiger partial charge on any atom is 0.158 e. The number of hydrogen-bond acceptors (Lipinski definition) is 4. The Morgan fingerprint density at radius 2 is 2.09 bits per heavy atom. The van der Waals surface area contributed by atoms with Gasteiger partial charge in [-0.3, -0.25) is 0 Å². The van der Waals surface area contributed by atoms with Gasteiger partial charge in [0.1, 0.15) is 12.4 Å². The molecule has 0 bridgehead atoms. The van der Waals surface area contributed by atoms with Crippen LogP contribution in [0.15, 0.2) is 36.2 Å². The lowest BCUT2D eigenvalue weighted by Crippen LogP contribution is -2.10. The van der Waals surface area contributed by atoms with E-state index in [1.807, 2.05) is 31.3 Å². The molecule has 0 saturated heterocycles. The second kappa shape index (κ2) is 7.70. The molecule has 1 heterocycles. The average molecular weight is 304 g/mol. The Kier molecular flexibility index (Phi) is 5.66. The summed E-state index contributed by atoms with van der Waals surface area (Å²) in [6.45, 7) is 2.40. The van der Waals surface area contributed by atoms with Crippen molar-refractivity contribution in [2.75, 3.05) is 13.2 Å². The second-order valence-corrected chi connectivity index (χ2v) is 5.01. The largest absolute Gasteiger partial charge is 0.489 e. The Morgan fingerprint density at radius 1 is 1.36 bits per heavy atom. The molecule has 0 atom stereocenters. The van der Waals surface area contributed by atoms with Crippen LogP contribution in [-0.4, -0.2) is 27.9 Å². The van der Waals surface area contributed by atoms with Crippen molar-refractivity contribution in [2.24, 2.45) is 12.8 Å². The van der Waals surface area contributed by atoms with Gasteiger partial charge in [-0.1, -0.05) is 6.92 Å². The number of nitrogens with zero attached hydrogens (tertiary/aromatic N) is 3. The minimum absolute atomic E-state index is 0.147. The highest BCUT2D eigenvalue weighted by Crippen LogP contribution is 2.21. The molecule has 0 spiro atoms. The van der Waals surface area contributed by atoms with Gasteiger partial charge in [0.25, 0.3) is 0 Å². The van der Waals surface area contributed by atoms with E-state index in [1.165, 1.54) is 0 Å². The molecule has 0 unspecified atom stereocenters. The Labute approximate surface area is 129 Å². The summed E-state index contributed by atoms with van der Waals surface area (Å²) in [5.41, 5.74) is 6.77. The van der Waals surface area contributed by atoms with E-state index in [-0.39, 0.29) is 13.2 Å². The first-order chi connectivity index (χ1) is 10.7. The first-order valence-electron chi connectivity index (χ1n) is 7.29. The predicted octanol–water partition coefficient (Wildman–Crippen LogP) is 2.63. The lowest BCUT2D eigenvalue weighted by molar-refractivity contribution is 0.347. The van der Waals surface area contributed by atoms with E-state index in [2.05, 4.69) is 17.0 Å². The van der Waals surface area contributed by atoms with E-state index in [1.54, 1.807) is 4.68 Å². The summed E-state index contributed by atoms with van der Waals surface area (Å²) >= 11 is 0. The Balaban J connectivity index is 2.08. The molecule has 22 heavy (non-hydrogen) atoms. The Hall–Kier alpha value is -2.21. The third-order valence-corrected chi connectivity index (χ3v) is 3.23. The molecule has 1 aromatic carbocycles. The fourth-order valence-corrected chi connectivity index (χ4v) is 2.03. The highest BCUT2D eigenvalue weighted by Gasteiger charge is 2.09. The topological polar surface area (TPSA) is 66.0 Å². The Bertz CT molecular complexity index is 634. The van der Waals surface area contributed by atoms with Crippen LogP contribution >= 0.6 is 0 Å². The van der Waals surface area contributed by atoms with Gasteiger partial charge in [0, 0.05) is 31.1 Å². The number of nitrogens with two attached hydrogens (primary N) is 1. The van der Waals surface area contributed by atoms with E-state index in [4.69, 9.17) is 10.5 Å². The number of aryl methyl sites for hydroxylation is 2. The molecule has 1 aromatic heterocycles. The van der Waals surface area contributed by atoms with Gasteiger partial charge in [-0.15, -0.1) is 0 Å². The zero-order valence-electron chi connectivity index (χ0n) is 12.9. The fraction of sp³-hybridized carbons (Fsp3) is 0.375. The molecule has 6 heteroatoms. The van der Waals surface area contributed by atoms with Gasteiger partial charge in [-0.25, -0.2) is 14.1 Å². The molecule has 0 fully saturated rings. The van der Waals surface area contributed by atoms with Crippen molar-refractivity contribution in [3.8, 4) is 17.1 Å². The van der Waals surface area contributed by atoms with Gasteiger partial charge in [-0.2, -0.15) is 5.10 Å². The van der Waals surface area contributed by atoms with Crippen LogP contribution in [0.25, 0.3) is 11.4 Å². The van der Waals surface area contributed by atoms with E-state index in [0.29, 0.717) is 17.7 Å². The first-order valence-corrected chi connectivity index (χ1v) is 7.29. The molecule has 0 aliphatic rings. The van der Waals surface area contributed by atoms with E-state index >= 15 is 0 Å². The van der Waals surface area contributed by atoms with Gasteiger partial charge < -0.3 is 10.5 Å². The molecule has 2 aromatic rings. The molecule has 0 radical (unpaired) electrons. The third kappa shape index (κ3) is 3.92. The van der Waals surface area contributed by atoms with Crippen molar-refractivity contribution in [3.63, 3.8) is 0 Å². The number of aromatic nitrogens is 3. The molecule has 2 rings (SSSR count). The number of benzene rings is 1. The van der Waals surface area contributed by atoms with Crippen LogP contribution in [0, 0.1) is 0 Å². The molecule has 118 valence electrons. The van der Waals surface area contributed by atoms with Gasteiger partial charge in [-0.05, 0) is 30.7 Å². The monoisotopic (exact) mass is 304 g/mol. The fourth-order valence-electron chi connectivity index (χ4n) is 2.03. The van der Waals surface area contributed by atoms with Crippen LogP contribution in [0.1, 0.15) is 19.2 Å². The molecule has 5 nitrogen and oxygen atoms in total. The highest BCUT2D eigenvalue weighted by molar-refractivity contribution is 5.56. The van der Waals surface area contributed by atoms with Crippen molar-refractivity contribution >= 4 is 0 Å². The maximum atomic E-state index is 12.4. The summed E-state index contributed by atoms with van der Waals surface area (Å²) in [4.78, 5) is 4.54. The van der Waals surface area contributed by atoms with Crippen molar-refractivity contribution in [1.82, 2.24) is 14.8 Å². The SMILES string of the molecule is CCCc1nc(-c2ccc(OC/C(=C/F)CN)cc2)n(C)n1. The highest BCUT2D eigenvalue weighted by atomic mass is 19.1. The standard InChI is InChI=1S/C16H21FN4O/c1-3-4-15-19-16(21(2)20-15)13-5-7-14(8-6-13)22-11-12(9-17)10-18/h5-9H,3-4,10-11,18H2,1-2H3/b12-9+.